The van der Waals surface area contributed by atoms with Crippen molar-refractivity contribution in [1.29, 1.82) is 0 Å². The van der Waals surface area contributed by atoms with Crippen LogP contribution in [0.2, 0.25) is 0 Å². The maximum absolute atomic E-state index is 13.0. The van der Waals surface area contributed by atoms with Crippen molar-refractivity contribution in [2.45, 2.75) is 13.8 Å². The summed E-state index contributed by atoms with van der Waals surface area (Å²) in [6.45, 7) is 3.86. The number of fused-ring (bicyclic) bond motifs is 1. The number of benzene rings is 2. The van der Waals surface area contributed by atoms with Crippen LogP contribution in [0.4, 0.5) is 21.9 Å². The number of urea groups is 1. The molecule has 0 fully saturated rings. The van der Waals surface area contributed by atoms with Gasteiger partial charge in [0.05, 0.1) is 5.69 Å². The van der Waals surface area contributed by atoms with E-state index >= 15 is 0 Å². The third kappa shape index (κ3) is 4.16. The Hall–Kier alpha value is -3.71. The number of hydrogen-bond donors (Lipinski definition) is 3. The molecule has 0 saturated heterocycles. The second-order valence-electron chi connectivity index (χ2n) is 6.83. The van der Waals surface area contributed by atoms with Crippen LogP contribution in [0.25, 0.3) is 10.2 Å². The van der Waals surface area contributed by atoms with Gasteiger partial charge in [0.25, 0.3) is 5.91 Å². The van der Waals surface area contributed by atoms with Crippen molar-refractivity contribution in [2.24, 2.45) is 0 Å². The summed E-state index contributed by atoms with van der Waals surface area (Å²) in [4.78, 5) is 31.4. The molecule has 0 radical (unpaired) electrons. The molecule has 30 heavy (non-hydrogen) atoms. The lowest BCUT2D eigenvalue weighted by Crippen LogP contribution is -2.21. The summed E-state index contributed by atoms with van der Waals surface area (Å²) in [6.07, 6.45) is 0. The second kappa shape index (κ2) is 8.34. The summed E-state index contributed by atoms with van der Waals surface area (Å²) in [7, 11) is 0. The normalized spacial score (nSPS) is 10.6. The van der Waals surface area contributed by atoms with Crippen molar-refractivity contribution in [3.05, 3.63) is 82.9 Å². The highest BCUT2D eigenvalue weighted by Crippen LogP contribution is 2.37. The molecule has 2 aromatic carbocycles. The number of para-hydroxylation sites is 2. The summed E-state index contributed by atoms with van der Waals surface area (Å²) in [5.41, 5.74) is 3.61. The number of rotatable bonds is 4. The van der Waals surface area contributed by atoms with Gasteiger partial charge in [0.2, 0.25) is 0 Å². The average Bonchev–Trinajstić information content (AvgIpc) is 3.07. The van der Waals surface area contributed by atoms with Crippen molar-refractivity contribution >= 4 is 50.6 Å². The van der Waals surface area contributed by atoms with E-state index in [9.17, 15) is 9.59 Å². The zero-order valence-corrected chi connectivity index (χ0v) is 17.3. The predicted octanol–water partition coefficient (Wildman–Crippen LogP) is 5.81. The molecule has 0 aliphatic heterocycles. The molecule has 6 nitrogen and oxygen atoms in total. The Morgan fingerprint density at radius 2 is 1.43 bits per heavy atom. The number of anilines is 3. The predicted molar refractivity (Wildman–Crippen MR) is 123 cm³/mol. The van der Waals surface area contributed by atoms with Crippen LogP contribution in [0.3, 0.4) is 0 Å². The Balaban J connectivity index is 1.71. The number of amides is 3. The summed E-state index contributed by atoms with van der Waals surface area (Å²) in [5.74, 6) is -0.295. The fourth-order valence-electron chi connectivity index (χ4n) is 3.23. The molecule has 2 aromatic heterocycles. The number of pyridine rings is 1. The van der Waals surface area contributed by atoms with Gasteiger partial charge >= 0.3 is 6.03 Å². The number of hydrogen-bond acceptors (Lipinski definition) is 4. The first-order valence-corrected chi connectivity index (χ1v) is 10.2. The van der Waals surface area contributed by atoms with Crippen molar-refractivity contribution in [3.8, 4) is 0 Å². The first-order chi connectivity index (χ1) is 14.5. The van der Waals surface area contributed by atoms with Crippen LogP contribution in [0.1, 0.15) is 20.9 Å². The van der Waals surface area contributed by atoms with Gasteiger partial charge in [-0.3, -0.25) is 4.79 Å². The molecule has 4 aromatic rings. The van der Waals surface area contributed by atoms with Gasteiger partial charge in [0.1, 0.15) is 9.71 Å². The molecule has 3 amide bonds. The molecule has 0 aliphatic rings. The SMILES string of the molecule is Cc1cc(C)c2c(NC(=O)Nc3ccccc3)c(C(=O)Nc3ccccc3)sc2n1. The first kappa shape index (κ1) is 19.6. The lowest BCUT2D eigenvalue weighted by atomic mass is 10.1. The van der Waals surface area contributed by atoms with Crippen LogP contribution >= 0.6 is 11.3 Å². The highest BCUT2D eigenvalue weighted by atomic mass is 32.1. The van der Waals surface area contributed by atoms with Crippen LogP contribution in [-0.4, -0.2) is 16.9 Å². The lowest BCUT2D eigenvalue weighted by molar-refractivity contribution is 0.103. The molecular formula is C23H20N4O2S. The second-order valence-corrected chi connectivity index (χ2v) is 7.83. The quantitative estimate of drug-likeness (QED) is 0.393. The number of aryl methyl sites for hydroxylation is 2. The van der Waals surface area contributed by atoms with Crippen LogP contribution in [0.5, 0.6) is 0 Å². The fraction of sp³-hybridized carbons (Fsp3) is 0.0870. The summed E-state index contributed by atoms with van der Waals surface area (Å²) < 4.78 is 0. The van der Waals surface area contributed by atoms with Gasteiger partial charge in [-0.25, -0.2) is 9.78 Å². The molecule has 2 heterocycles. The zero-order valence-electron chi connectivity index (χ0n) is 16.5. The number of aromatic nitrogens is 1. The van der Waals surface area contributed by atoms with Crippen molar-refractivity contribution in [2.75, 3.05) is 16.0 Å². The van der Waals surface area contributed by atoms with Crippen LogP contribution in [-0.2, 0) is 0 Å². The number of carbonyl (C=O) groups is 2. The minimum atomic E-state index is -0.422. The summed E-state index contributed by atoms with van der Waals surface area (Å²) in [6, 6.07) is 19.9. The van der Waals surface area contributed by atoms with E-state index in [1.807, 2.05) is 68.4 Å². The molecule has 4 rings (SSSR count). The topological polar surface area (TPSA) is 83.1 Å². The molecule has 7 heteroatoms. The van der Waals surface area contributed by atoms with Gasteiger partial charge in [-0.2, -0.15) is 0 Å². The minimum Gasteiger partial charge on any atom is -0.321 e. The maximum Gasteiger partial charge on any atom is 0.323 e. The average molecular weight is 417 g/mol. The smallest absolute Gasteiger partial charge is 0.321 e. The van der Waals surface area contributed by atoms with Gasteiger partial charge in [-0.05, 0) is 49.7 Å². The van der Waals surface area contributed by atoms with Crippen molar-refractivity contribution < 1.29 is 9.59 Å². The number of carbonyl (C=O) groups excluding carboxylic acids is 2. The number of nitrogens with one attached hydrogen (secondary N) is 3. The zero-order chi connectivity index (χ0) is 21.1. The largest absolute Gasteiger partial charge is 0.323 e. The van der Waals surface area contributed by atoms with E-state index in [0.29, 0.717) is 26.8 Å². The van der Waals surface area contributed by atoms with Crippen molar-refractivity contribution in [3.63, 3.8) is 0 Å². The van der Waals surface area contributed by atoms with Crippen LogP contribution in [0, 0.1) is 13.8 Å². The van der Waals surface area contributed by atoms with Crippen molar-refractivity contribution in [1.82, 2.24) is 4.98 Å². The van der Waals surface area contributed by atoms with Gasteiger partial charge in [0.15, 0.2) is 0 Å². The lowest BCUT2D eigenvalue weighted by Gasteiger charge is -2.10. The highest BCUT2D eigenvalue weighted by Gasteiger charge is 2.23. The van der Waals surface area contributed by atoms with Gasteiger partial charge in [-0.1, -0.05) is 36.4 Å². The Kier molecular flexibility index (Phi) is 5.45. The van der Waals surface area contributed by atoms with Crippen LogP contribution in [0.15, 0.2) is 66.7 Å². The molecular weight excluding hydrogens is 396 g/mol. The Morgan fingerprint density at radius 3 is 2.07 bits per heavy atom. The molecule has 0 unspecified atom stereocenters. The van der Waals surface area contributed by atoms with E-state index in [4.69, 9.17) is 0 Å². The highest BCUT2D eigenvalue weighted by molar-refractivity contribution is 7.21. The third-order valence-corrected chi connectivity index (χ3v) is 5.58. The standard InChI is InChI=1S/C23H20N4O2S/c1-14-13-15(2)24-22-18(14)19(27-23(29)26-17-11-7-4-8-12-17)20(30-22)21(28)25-16-9-5-3-6-10-16/h3-13H,1-2H3,(H,25,28)(H2,26,27,29). The first-order valence-electron chi connectivity index (χ1n) is 9.41. The molecule has 0 spiro atoms. The van der Waals surface area contributed by atoms with E-state index < -0.39 is 6.03 Å². The van der Waals surface area contributed by atoms with E-state index in [1.165, 1.54) is 11.3 Å². The third-order valence-electron chi connectivity index (χ3n) is 4.50. The summed E-state index contributed by atoms with van der Waals surface area (Å²) in [5, 5.41) is 9.32. The maximum atomic E-state index is 13.0. The monoisotopic (exact) mass is 416 g/mol. The number of nitrogens with zero attached hydrogens (tertiary/aromatic N) is 1. The Bertz CT molecular complexity index is 1220. The molecule has 3 N–H and O–H groups in total. The fourth-order valence-corrected chi connectivity index (χ4v) is 4.37. The van der Waals surface area contributed by atoms with Gasteiger partial charge in [-0.15, -0.1) is 11.3 Å². The Labute approximate surface area is 178 Å². The molecule has 0 aliphatic carbocycles. The van der Waals surface area contributed by atoms with Gasteiger partial charge in [0, 0.05) is 22.5 Å². The van der Waals surface area contributed by atoms with E-state index in [2.05, 4.69) is 20.9 Å². The summed E-state index contributed by atoms with van der Waals surface area (Å²) >= 11 is 1.26. The van der Waals surface area contributed by atoms with Gasteiger partial charge < -0.3 is 16.0 Å². The minimum absolute atomic E-state index is 0.295. The van der Waals surface area contributed by atoms with E-state index in [1.54, 1.807) is 12.1 Å². The number of thiophene rings is 1. The Morgan fingerprint density at radius 1 is 0.833 bits per heavy atom. The molecule has 150 valence electrons. The molecule has 0 saturated carbocycles. The molecule has 0 bridgehead atoms. The van der Waals surface area contributed by atoms with E-state index in [0.717, 1.165) is 16.6 Å². The van der Waals surface area contributed by atoms with Crippen LogP contribution < -0.4 is 16.0 Å². The molecule has 0 atom stereocenters. The van der Waals surface area contributed by atoms with E-state index in [-0.39, 0.29) is 5.91 Å².